The van der Waals surface area contributed by atoms with Crippen molar-refractivity contribution >= 4 is 40.7 Å². The smallest absolute Gasteiger partial charge is 0.227 e. The van der Waals surface area contributed by atoms with Crippen LogP contribution in [0.3, 0.4) is 0 Å². The Bertz CT molecular complexity index is 884. The van der Waals surface area contributed by atoms with Crippen molar-refractivity contribution in [2.75, 3.05) is 18.0 Å². The van der Waals surface area contributed by atoms with Gasteiger partial charge in [-0.3, -0.25) is 9.59 Å². The molecule has 28 heavy (non-hydrogen) atoms. The molecular weight excluding hydrogens is 399 g/mol. The number of nitrogens with one attached hydrogen (secondary N) is 1. The molecule has 3 rings (SSSR count). The SMILES string of the molecule is C=CCNC(=O)C1CC(=O)N(c2ccc(OCc3ccc(Cl)c(Cl)c3)cc2)C1. The fraction of sp³-hybridized carbons (Fsp3) is 0.238. The summed E-state index contributed by atoms with van der Waals surface area (Å²) in [5.74, 6) is 0.125. The number of benzene rings is 2. The van der Waals surface area contributed by atoms with Gasteiger partial charge >= 0.3 is 0 Å². The fourth-order valence-electron chi connectivity index (χ4n) is 2.97. The van der Waals surface area contributed by atoms with Gasteiger partial charge in [0.05, 0.1) is 16.0 Å². The Kier molecular flexibility index (Phi) is 6.60. The number of hydrogen-bond acceptors (Lipinski definition) is 3. The highest BCUT2D eigenvalue weighted by Crippen LogP contribution is 2.28. The average molecular weight is 419 g/mol. The van der Waals surface area contributed by atoms with Crippen LogP contribution in [0.2, 0.25) is 10.0 Å². The van der Waals surface area contributed by atoms with E-state index in [-0.39, 0.29) is 24.2 Å². The highest BCUT2D eigenvalue weighted by atomic mass is 35.5. The molecule has 1 N–H and O–H groups in total. The first-order chi connectivity index (χ1) is 13.5. The van der Waals surface area contributed by atoms with Crippen LogP contribution >= 0.6 is 23.2 Å². The topological polar surface area (TPSA) is 58.6 Å². The molecule has 0 saturated carbocycles. The van der Waals surface area contributed by atoms with E-state index in [0.29, 0.717) is 35.5 Å². The normalized spacial score (nSPS) is 16.1. The first kappa shape index (κ1) is 20.2. The molecule has 2 aromatic carbocycles. The van der Waals surface area contributed by atoms with Crippen molar-refractivity contribution < 1.29 is 14.3 Å². The zero-order valence-corrected chi connectivity index (χ0v) is 16.7. The molecule has 2 amide bonds. The van der Waals surface area contributed by atoms with Crippen LogP contribution in [0.1, 0.15) is 12.0 Å². The number of ether oxygens (including phenoxy) is 1. The third-order valence-corrected chi connectivity index (χ3v) is 5.19. The van der Waals surface area contributed by atoms with Crippen LogP contribution in [0.15, 0.2) is 55.1 Å². The number of nitrogens with zero attached hydrogens (tertiary/aromatic N) is 1. The maximum absolute atomic E-state index is 12.3. The summed E-state index contributed by atoms with van der Waals surface area (Å²) in [4.78, 5) is 26.0. The van der Waals surface area contributed by atoms with Gasteiger partial charge in [0, 0.05) is 25.2 Å². The standard InChI is InChI=1S/C21H20Cl2N2O3/c1-2-9-24-21(27)15-11-20(26)25(12-15)16-4-6-17(7-5-16)28-13-14-3-8-18(22)19(23)10-14/h2-8,10,15H,1,9,11-13H2,(H,24,27). The maximum Gasteiger partial charge on any atom is 0.227 e. The zero-order chi connectivity index (χ0) is 20.1. The minimum absolute atomic E-state index is 0.0665. The number of rotatable bonds is 7. The molecule has 1 heterocycles. The second-order valence-corrected chi connectivity index (χ2v) is 7.28. The molecule has 1 aliphatic rings. The Morgan fingerprint density at radius 1 is 1.21 bits per heavy atom. The lowest BCUT2D eigenvalue weighted by Gasteiger charge is -2.17. The Morgan fingerprint density at radius 2 is 1.96 bits per heavy atom. The van der Waals surface area contributed by atoms with Crippen LogP contribution in [0.25, 0.3) is 0 Å². The van der Waals surface area contributed by atoms with Gasteiger partial charge in [-0.05, 0) is 42.0 Å². The van der Waals surface area contributed by atoms with Gasteiger partial charge in [-0.25, -0.2) is 0 Å². The summed E-state index contributed by atoms with van der Waals surface area (Å²) in [6.07, 6.45) is 1.82. The molecule has 0 radical (unpaired) electrons. The van der Waals surface area contributed by atoms with Gasteiger partial charge in [0.1, 0.15) is 12.4 Å². The predicted octanol–water partition coefficient (Wildman–Crippen LogP) is 4.23. The van der Waals surface area contributed by atoms with E-state index in [1.54, 1.807) is 35.2 Å². The minimum Gasteiger partial charge on any atom is -0.489 e. The van der Waals surface area contributed by atoms with Crippen LogP contribution in [-0.2, 0) is 16.2 Å². The monoisotopic (exact) mass is 418 g/mol. The third kappa shape index (κ3) is 4.86. The number of halogens is 2. The molecule has 0 bridgehead atoms. The van der Waals surface area contributed by atoms with Gasteiger partial charge < -0.3 is 15.0 Å². The number of amides is 2. The Hall–Kier alpha value is -2.50. The number of carbonyl (C=O) groups excluding carboxylic acids is 2. The van der Waals surface area contributed by atoms with Crippen molar-refractivity contribution in [1.29, 1.82) is 0 Å². The second kappa shape index (κ2) is 9.13. The summed E-state index contributed by atoms with van der Waals surface area (Å²) in [6.45, 7) is 4.69. The van der Waals surface area contributed by atoms with E-state index in [2.05, 4.69) is 11.9 Å². The molecule has 1 atom stereocenters. The molecule has 0 aromatic heterocycles. The van der Waals surface area contributed by atoms with Gasteiger partial charge in [0.2, 0.25) is 11.8 Å². The van der Waals surface area contributed by atoms with Crippen molar-refractivity contribution in [2.24, 2.45) is 5.92 Å². The number of carbonyl (C=O) groups is 2. The van der Waals surface area contributed by atoms with Gasteiger partial charge in [0.25, 0.3) is 0 Å². The molecule has 7 heteroatoms. The van der Waals surface area contributed by atoms with E-state index in [1.165, 1.54) is 0 Å². The highest BCUT2D eigenvalue weighted by Gasteiger charge is 2.34. The van der Waals surface area contributed by atoms with Crippen LogP contribution < -0.4 is 15.0 Å². The molecule has 2 aromatic rings. The quantitative estimate of drug-likeness (QED) is 0.684. The molecule has 1 aliphatic heterocycles. The summed E-state index contributed by atoms with van der Waals surface area (Å²) in [5, 5.41) is 3.73. The summed E-state index contributed by atoms with van der Waals surface area (Å²) >= 11 is 11.9. The van der Waals surface area contributed by atoms with Gasteiger partial charge in [-0.15, -0.1) is 6.58 Å². The zero-order valence-electron chi connectivity index (χ0n) is 15.2. The third-order valence-electron chi connectivity index (χ3n) is 4.45. The summed E-state index contributed by atoms with van der Waals surface area (Å²) in [6, 6.07) is 12.6. The summed E-state index contributed by atoms with van der Waals surface area (Å²) in [7, 11) is 0. The van der Waals surface area contributed by atoms with Gasteiger partial charge in [0.15, 0.2) is 0 Å². The van der Waals surface area contributed by atoms with Crippen molar-refractivity contribution in [2.45, 2.75) is 13.0 Å². The molecule has 0 aliphatic carbocycles. The summed E-state index contributed by atoms with van der Waals surface area (Å²) < 4.78 is 5.76. The molecule has 1 fully saturated rings. The van der Waals surface area contributed by atoms with Gasteiger partial charge in [-0.2, -0.15) is 0 Å². The van der Waals surface area contributed by atoms with Crippen molar-refractivity contribution in [3.8, 4) is 5.75 Å². The lowest BCUT2D eigenvalue weighted by Crippen LogP contribution is -2.32. The lowest BCUT2D eigenvalue weighted by atomic mass is 10.1. The first-order valence-electron chi connectivity index (χ1n) is 8.83. The average Bonchev–Trinajstić information content (AvgIpc) is 3.09. The van der Waals surface area contributed by atoms with Crippen LogP contribution in [0.5, 0.6) is 5.75 Å². The van der Waals surface area contributed by atoms with Crippen molar-refractivity contribution in [3.63, 3.8) is 0 Å². The molecule has 146 valence electrons. The Morgan fingerprint density at radius 3 is 2.64 bits per heavy atom. The Labute approximate surface area is 173 Å². The number of hydrogen-bond donors (Lipinski definition) is 1. The molecule has 1 saturated heterocycles. The fourth-order valence-corrected chi connectivity index (χ4v) is 3.29. The van der Waals surface area contributed by atoms with Crippen molar-refractivity contribution in [3.05, 3.63) is 70.7 Å². The second-order valence-electron chi connectivity index (χ2n) is 6.47. The lowest BCUT2D eigenvalue weighted by molar-refractivity contribution is -0.126. The van der Waals surface area contributed by atoms with E-state index in [0.717, 1.165) is 11.3 Å². The summed E-state index contributed by atoms with van der Waals surface area (Å²) in [5.41, 5.74) is 1.65. The van der Waals surface area contributed by atoms with Crippen LogP contribution in [-0.4, -0.2) is 24.9 Å². The van der Waals surface area contributed by atoms with E-state index >= 15 is 0 Å². The highest BCUT2D eigenvalue weighted by molar-refractivity contribution is 6.42. The van der Waals surface area contributed by atoms with Crippen LogP contribution in [0.4, 0.5) is 5.69 Å². The maximum atomic E-state index is 12.3. The first-order valence-corrected chi connectivity index (χ1v) is 9.59. The molecule has 5 nitrogen and oxygen atoms in total. The largest absolute Gasteiger partial charge is 0.489 e. The van der Waals surface area contributed by atoms with Crippen LogP contribution in [0, 0.1) is 5.92 Å². The number of anilines is 1. The van der Waals surface area contributed by atoms with E-state index in [4.69, 9.17) is 27.9 Å². The predicted molar refractivity (Wildman–Crippen MR) is 111 cm³/mol. The van der Waals surface area contributed by atoms with E-state index in [9.17, 15) is 9.59 Å². The van der Waals surface area contributed by atoms with E-state index in [1.807, 2.05) is 18.2 Å². The molecule has 0 spiro atoms. The Balaban J connectivity index is 1.59. The van der Waals surface area contributed by atoms with Gasteiger partial charge in [-0.1, -0.05) is 35.3 Å². The van der Waals surface area contributed by atoms with Crippen molar-refractivity contribution in [1.82, 2.24) is 5.32 Å². The van der Waals surface area contributed by atoms with E-state index < -0.39 is 0 Å². The minimum atomic E-state index is -0.349. The molecular formula is C21H20Cl2N2O3. The molecule has 1 unspecified atom stereocenters.